The summed E-state index contributed by atoms with van der Waals surface area (Å²) in [5.74, 6) is 0.832. The molecule has 3 heteroatoms. The van der Waals surface area contributed by atoms with Crippen LogP contribution in [0.5, 0.6) is 5.75 Å². The molecule has 0 spiro atoms. The minimum Gasteiger partial charge on any atom is -0.490 e. The van der Waals surface area contributed by atoms with Crippen LogP contribution in [0.1, 0.15) is 37.7 Å². The molecule has 3 nitrogen and oxygen atoms in total. The van der Waals surface area contributed by atoms with Gasteiger partial charge in [-0.25, -0.2) is 0 Å². The number of fused-ring (bicyclic) bond motifs is 2. The Hall–Kier alpha value is -1.53. The molecule has 3 atom stereocenters. The fourth-order valence-electron chi connectivity index (χ4n) is 3.14. The van der Waals surface area contributed by atoms with Crippen LogP contribution in [-0.2, 0) is 0 Å². The van der Waals surface area contributed by atoms with Crippen LogP contribution in [0.4, 0.5) is 0 Å². The summed E-state index contributed by atoms with van der Waals surface area (Å²) in [6.45, 7) is 0. The summed E-state index contributed by atoms with van der Waals surface area (Å²) in [5, 5.41) is 12.5. The van der Waals surface area contributed by atoms with E-state index >= 15 is 0 Å². The lowest BCUT2D eigenvalue weighted by molar-refractivity contribution is 0.0927. The number of hydrogen-bond donors (Lipinski definition) is 1. The van der Waals surface area contributed by atoms with E-state index in [-0.39, 0.29) is 0 Å². The quantitative estimate of drug-likeness (QED) is 0.867. The number of benzene rings is 1. The highest BCUT2D eigenvalue weighted by molar-refractivity contribution is 5.36. The summed E-state index contributed by atoms with van der Waals surface area (Å²) < 4.78 is 6.04. The Morgan fingerprint density at radius 1 is 1.22 bits per heavy atom. The van der Waals surface area contributed by atoms with E-state index in [2.05, 4.69) is 11.4 Å². The van der Waals surface area contributed by atoms with E-state index in [4.69, 9.17) is 10.00 Å². The highest BCUT2D eigenvalue weighted by atomic mass is 16.5. The molecular weight excluding hydrogens is 224 g/mol. The fourth-order valence-corrected chi connectivity index (χ4v) is 3.14. The molecule has 2 aliphatic heterocycles. The Bertz CT molecular complexity index is 454. The Labute approximate surface area is 108 Å². The van der Waals surface area contributed by atoms with Crippen LogP contribution < -0.4 is 10.1 Å². The third-order valence-corrected chi connectivity index (χ3v) is 3.94. The van der Waals surface area contributed by atoms with Gasteiger partial charge in [0.1, 0.15) is 11.9 Å². The molecule has 0 saturated carbocycles. The Kier molecular flexibility index (Phi) is 3.21. The van der Waals surface area contributed by atoms with Gasteiger partial charge in [0.2, 0.25) is 0 Å². The molecule has 3 rings (SSSR count). The molecule has 0 amide bonds. The highest BCUT2D eigenvalue weighted by Crippen LogP contribution is 2.28. The van der Waals surface area contributed by atoms with Crippen LogP contribution in [0, 0.1) is 11.3 Å². The minimum absolute atomic E-state index is 0.301. The molecule has 0 aliphatic carbocycles. The average molecular weight is 242 g/mol. The van der Waals surface area contributed by atoms with Gasteiger partial charge in [0.25, 0.3) is 0 Å². The molecule has 2 fully saturated rings. The summed E-state index contributed by atoms with van der Waals surface area (Å²) >= 11 is 0. The predicted octanol–water partition coefficient (Wildman–Crippen LogP) is 2.61. The highest BCUT2D eigenvalue weighted by Gasteiger charge is 2.32. The van der Waals surface area contributed by atoms with Gasteiger partial charge in [-0.15, -0.1) is 0 Å². The largest absolute Gasteiger partial charge is 0.490 e. The third-order valence-electron chi connectivity index (χ3n) is 3.94. The van der Waals surface area contributed by atoms with Crippen molar-refractivity contribution in [2.24, 2.45) is 0 Å². The van der Waals surface area contributed by atoms with E-state index in [9.17, 15) is 0 Å². The number of rotatable bonds is 2. The number of piperidine rings is 2. The van der Waals surface area contributed by atoms with Crippen molar-refractivity contribution in [3.05, 3.63) is 29.8 Å². The van der Waals surface area contributed by atoms with Crippen molar-refractivity contribution >= 4 is 0 Å². The van der Waals surface area contributed by atoms with Crippen molar-refractivity contribution in [3.63, 3.8) is 0 Å². The summed E-state index contributed by atoms with van der Waals surface area (Å²) in [6.07, 6.45) is 6.37. The van der Waals surface area contributed by atoms with Crippen LogP contribution in [0.15, 0.2) is 24.3 Å². The molecule has 0 radical (unpaired) electrons. The van der Waals surface area contributed by atoms with Gasteiger partial charge in [-0.2, -0.15) is 5.26 Å². The first-order chi connectivity index (χ1) is 8.83. The fraction of sp³-hybridized carbons (Fsp3) is 0.533. The standard InChI is InChI=1S/C15H18N2O/c16-10-11-3-1-6-14(7-11)18-15-8-12-4-2-5-13(9-15)17-12/h1,3,6-7,12-13,15,17H,2,4-5,8-9H2/t12-,13+,15-. The summed E-state index contributed by atoms with van der Waals surface area (Å²) in [5.41, 5.74) is 0.668. The second kappa shape index (κ2) is 4.99. The summed E-state index contributed by atoms with van der Waals surface area (Å²) in [4.78, 5) is 0. The van der Waals surface area contributed by atoms with Crippen LogP contribution in [-0.4, -0.2) is 18.2 Å². The maximum atomic E-state index is 8.88. The van der Waals surface area contributed by atoms with Crippen LogP contribution in [0.2, 0.25) is 0 Å². The Morgan fingerprint density at radius 2 is 2.00 bits per heavy atom. The molecule has 2 aliphatic rings. The van der Waals surface area contributed by atoms with Gasteiger partial charge in [-0.05, 0) is 43.9 Å². The molecular formula is C15H18N2O. The molecule has 2 heterocycles. The molecule has 1 aromatic carbocycles. The maximum absolute atomic E-state index is 8.88. The Morgan fingerprint density at radius 3 is 2.72 bits per heavy atom. The van der Waals surface area contributed by atoms with Crippen molar-refractivity contribution in [1.29, 1.82) is 5.26 Å². The zero-order chi connectivity index (χ0) is 12.4. The molecule has 2 saturated heterocycles. The van der Waals surface area contributed by atoms with E-state index in [1.807, 2.05) is 24.3 Å². The molecule has 1 N–H and O–H groups in total. The number of nitriles is 1. The monoisotopic (exact) mass is 242 g/mol. The zero-order valence-corrected chi connectivity index (χ0v) is 10.4. The Balaban J connectivity index is 1.67. The second-order valence-electron chi connectivity index (χ2n) is 5.34. The lowest BCUT2D eigenvalue weighted by Crippen LogP contribution is -2.51. The van der Waals surface area contributed by atoms with Crippen LogP contribution in [0.3, 0.4) is 0 Å². The molecule has 0 unspecified atom stereocenters. The second-order valence-corrected chi connectivity index (χ2v) is 5.34. The molecule has 2 bridgehead atoms. The normalized spacial score (nSPS) is 30.5. The number of ether oxygens (including phenoxy) is 1. The van der Waals surface area contributed by atoms with Gasteiger partial charge in [0.15, 0.2) is 0 Å². The lowest BCUT2D eigenvalue weighted by Gasteiger charge is -2.40. The molecule has 0 aromatic heterocycles. The van der Waals surface area contributed by atoms with E-state index in [0.29, 0.717) is 23.8 Å². The van der Waals surface area contributed by atoms with Crippen molar-refractivity contribution in [1.82, 2.24) is 5.32 Å². The topological polar surface area (TPSA) is 45.0 Å². The van der Waals surface area contributed by atoms with Gasteiger partial charge in [0, 0.05) is 12.1 Å². The molecule has 18 heavy (non-hydrogen) atoms. The summed E-state index contributed by atoms with van der Waals surface area (Å²) in [7, 11) is 0. The minimum atomic E-state index is 0.301. The van der Waals surface area contributed by atoms with Gasteiger partial charge in [0.05, 0.1) is 11.6 Å². The van der Waals surface area contributed by atoms with E-state index in [1.54, 1.807) is 0 Å². The van der Waals surface area contributed by atoms with Crippen molar-refractivity contribution < 1.29 is 4.74 Å². The predicted molar refractivity (Wildman–Crippen MR) is 69.4 cm³/mol. The summed E-state index contributed by atoms with van der Waals surface area (Å²) in [6, 6.07) is 10.9. The lowest BCUT2D eigenvalue weighted by atomic mass is 9.85. The first-order valence-electron chi connectivity index (χ1n) is 6.76. The van der Waals surface area contributed by atoms with Gasteiger partial charge >= 0.3 is 0 Å². The van der Waals surface area contributed by atoms with Crippen LogP contribution in [0.25, 0.3) is 0 Å². The smallest absolute Gasteiger partial charge is 0.121 e. The van der Waals surface area contributed by atoms with Crippen LogP contribution >= 0.6 is 0 Å². The molecule has 94 valence electrons. The third kappa shape index (κ3) is 2.49. The average Bonchev–Trinajstić information content (AvgIpc) is 2.38. The maximum Gasteiger partial charge on any atom is 0.121 e. The van der Waals surface area contributed by atoms with E-state index in [0.717, 1.165) is 18.6 Å². The first kappa shape index (κ1) is 11.6. The van der Waals surface area contributed by atoms with Crippen molar-refractivity contribution in [2.45, 2.75) is 50.3 Å². The van der Waals surface area contributed by atoms with E-state index < -0.39 is 0 Å². The first-order valence-corrected chi connectivity index (χ1v) is 6.76. The van der Waals surface area contributed by atoms with Crippen molar-refractivity contribution in [3.8, 4) is 11.8 Å². The van der Waals surface area contributed by atoms with E-state index in [1.165, 1.54) is 19.3 Å². The number of hydrogen-bond acceptors (Lipinski definition) is 3. The molecule has 1 aromatic rings. The number of nitrogens with one attached hydrogen (secondary N) is 1. The van der Waals surface area contributed by atoms with Gasteiger partial charge < -0.3 is 10.1 Å². The number of nitrogens with zero attached hydrogens (tertiary/aromatic N) is 1. The van der Waals surface area contributed by atoms with Gasteiger partial charge in [-0.3, -0.25) is 0 Å². The zero-order valence-electron chi connectivity index (χ0n) is 10.4. The van der Waals surface area contributed by atoms with Crippen molar-refractivity contribution in [2.75, 3.05) is 0 Å². The SMILES string of the molecule is N#Cc1cccc(O[C@@H]2C[C@H]3CCC[C@@H](C2)N3)c1. The van der Waals surface area contributed by atoms with Gasteiger partial charge in [-0.1, -0.05) is 12.5 Å².